The van der Waals surface area contributed by atoms with Crippen LogP contribution in [0.1, 0.15) is 11.1 Å². The number of non-ortho nitro benzene ring substituents is 1. The highest BCUT2D eigenvalue weighted by Gasteiger charge is 2.30. The fourth-order valence-corrected chi connectivity index (χ4v) is 2.86. The van der Waals surface area contributed by atoms with Crippen LogP contribution in [0.15, 0.2) is 48.0 Å². The Hall–Kier alpha value is -3.79. The van der Waals surface area contributed by atoms with Gasteiger partial charge in [-0.15, -0.1) is 0 Å². The predicted octanol–water partition coefficient (Wildman–Crippen LogP) is 2.44. The third-order valence-electron chi connectivity index (χ3n) is 4.34. The maximum absolute atomic E-state index is 12.3. The van der Waals surface area contributed by atoms with E-state index in [4.69, 9.17) is 21.7 Å². The lowest BCUT2D eigenvalue weighted by Gasteiger charge is -2.25. The van der Waals surface area contributed by atoms with Crippen molar-refractivity contribution in [1.29, 1.82) is 0 Å². The monoisotopic (exact) mass is 427 g/mol. The van der Waals surface area contributed by atoms with E-state index >= 15 is 0 Å². The average molecular weight is 427 g/mol. The molecule has 10 heteroatoms. The van der Waals surface area contributed by atoms with Gasteiger partial charge in [-0.25, -0.2) is 0 Å². The molecule has 0 bridgehead atoms. The largest absolute Gasteiger partial charge is 0.493 e. The summed E-state index contributed by atoms with van der Waals surface area (Å²) in [6.07, 6.45) is 1.44. The fourth-order valence-electron chi connectivity index (χ4n) is 2.68. The van der Waals surface area contributed by atoms with Crippen molar-refractivity contribution in [2.75, 3.05) is 14.2 Å². The van der Waals surface area contributed by atoms with Gasteiger partial charge in [0.1, 0.15) is 12.2 Å². The number of likely N-dealkylation sites (N-methyl/N-ethyl adjacent to an activating group) is 1. The smallest absolute Gasteiger partial charge is 0.269 e. The summed E-state index contributed by atoms with van der Waals surface area (Å²) in [6.45, 7) is 0.178. The first-order valence-electron chi connectivity index (χ1n) is 8.69. The minimum atomic E-state index is -0.569. The summed E-state index contributed by atoms with van der Waals surface area (Å²) in [5, 5.41) is 13.2. The molecule has 0 saturated carbocycles. The van der Waals surface area contributed by atoms with Gasteiger partial charge in [0.05, 0.1) is 12.0 Å². The normalized spacial score (nSPS) is 15.2. The Morgan fingerprint density at radius 3 is 2.50 bits per heavy atom. The van der Waals surface area contributed by atoms with Crippen molar-refractivity contribution in [2.45, 2.75) is 6.61 Å². The summed E-state index contributed by atoms with van der Waals surface area (Å²) in [4.78, 5) is 35.8. The van der Waals surface area contributed by atoms with Crippen LogP contribution in [0.4, 0.5) is 5.69 Å². The maximum Gasteiger partial charge on any atom is 0.269 e. The second-order valence-electron chi connectivity index (χ2n) is 6.30. The van der Waals surface area contributed by atoms with Gasteiger partial charge in [-0.2, -0.15) is 0 Å². The van der Waals surface area contributed by atoms with Gasteiger partial charge in [0.15, 0.2) is 16.6 Å². The molecular weight excluding hydrogens is 410 g/mol. The zero-order valence-corrected chi connectivity index (χ0v) is 16.9. The van der Waals surface area contributed by atoms with E-state index in [-0.39, 0.29) is 23.0 Å². The second kappa shape index (κ2) is 8.70. The van der Waals surface area contributed by atoms with E-state index in [9.17, 15) is 19.7 Å². The number of thiocarbonyl (C=S) groups is 1. The van der Waals surface area contributed by atoms with Crippen molar-refractivity contribution in [3.05, 3.63) is 69.3 Å². The van der Waals surface area contributed by atoms with Crippen LogP contribution in [0.5, 0.6) is 11.5 Å². The fraction of sp³-hybridized carbons (Fsp3) is 0.150. The Labute approximate surface area is 177 Å². The van der Waals surface area contributed by atoms with E-state index in [0.29, 0.717) is 17.1 Å². The van der Waals surface area contributed by atoms with Gasteiger partial charge in [0.2, 0.25) is 0 Å². The van der Waals surface area contributed by atoms with Gasteiger partial charge in [0, 0.05) is 19.2 Å². The highest BCUT2D eigenvalue weighted by Crippen LogP contribution is 2.30. The number of rotatable bonds is 6. The summed E-state index contributed by atoms with van der Waals surface area (Å²) in [6, 6.07) is 11.0. The van der Waals surface area contributed by atoms with Crippen LogP contribution in [0, 0.1) is 10.1 Å². The summed E-state index contributed by atoms with van der Waals surface area (Å²) in [5.41, 5.74) is 1.26. The lowest BCUT2D eigenvalue weighted by Crippen LogP contribution is -2.52. The van der Waals surface area contributed by atoms with Crippen molar-refractivity contribution in [3.63, 3.8) is 0 Å². The number of hydrogen-bond acceptors (Lipinski definition) is 7. The van der Waals surface area contributed by atoms with Crippen LogP contribution >= 0.6 is 12.2 Å². The van der Waals surface area contributed by atoms with Crippen LogP contribution in [-0.2, 0) is 16.2 Å². The lowest BCUT2D eigenvalue weighted by molar-refractivity contribution is -0.384. The van der Waals surface area contributed by atoms with E-state index in [1.807, 2.05) is 0 Å². The maximum atomic E-state index is 12.3. The SMILES string of the molecule is COc1cc(/C=C2\C(=O)NC(=S)N(C)C2=O)ccc1OCc1ccc([N+](=O)[O-])cc1. The van der Waals surface area contributed by atoms with Crippen molar-refractivity contribution >= 4 is 40.9 Å². The molecule has 2 aromatic carbocycles. The van der Waals surface area contributed by atoms with Gasteiger partial charge >= 0.3 is 0 Å². The number of amides is 2. The van der Waals surface area contributed by atoms with E-state index in [0.717, 1.165) is 5.56 Å². The Morgan fingerprint density at radius 1 is 1.17 bits per heavy atom. The van der Waals surface area contributed by atoms with Crippen LogP contribution in [0.2, 0.25) is 0 Å². The van der Waals surface area contributed by atoms with Gasteiger partial charge < -0.3 is 9.47 Å². The predicted molar refractivity (Wildman–Crippen MR) is 112 cm³/mol. The Morgan fingerprint density at radius 2 is 1.87 bits per heavy atom. The number of nitrogens with zero attached hydrogens (tertiary/aromatic N) is 2. The third kappa shape index (κ3) is 4.44. The van der Waals surface area contributed by atoms with E-state index in [1.165, 1.54) is 37.3 Å². The average Bonchev–Trinajstić information content (AvgIpc) is 2.74. The molecule has 2 amide bonds. The minimum Gasteiger partial charge on any atom is -0.493 e. The highest BCUT2D eigenvalue weighted by molar-refractivity contribution is 7.80. The molecule has 1 aliphatic rings. The van der Waals surface area contributed by atoms with Gasteiger partial charge in [-0.3, -0.25) is 29.9 Å². The van der Waals surface area contributed by atoms with Crippen molar-refractivity contribution in [1.82, 2.24) is 10.2 Å². The molecule has 0 aromatic heterocycles. The molecule has 1 aliphatic heterocycles. The molecule has 1 heterocycles. The van der Waals surface area contributed by atoms with Crippen molar-refractivity contribution < 1.29 is 24.0 Å². The van der Waals surface area contributed by atoms with Crippen molar-refractivity contribution in [2.24, 2.45) is 0 Å². The molecule has 1 fully saturated rings. The number of hydrogen-bond donors (Lipinski definition) is 1. The zero-order valence-electron chi connectivity index (χ0n) is 16.1. The molecule has 0 spiro atoms. The molecule has 154 valence electrons. The number of nitro benzene ring substituents is 1. The number of nitrogens with one attached hydrogen (secondary N) is 1. The molecule has 30 heavy (non-hydrogen) atoms. The van der Waals surface area contributed by atoms with Crippen LogP contribution in [-0.4, -0.2) is 40.9 Å². The summed E-state index contributed by atoms with van der Waals surface area (Å²) in [5.74, 6) is -0.226. The standard InChI is InChI=1S/C20H17N3O6S/c1-22-19(25)15(18(24)21-20(22)30)9-13-5-8-16(17(10-13)28-2)29-11-12-3-6-14(7-4-12)23(26)27/h3-10H,11H2,1-2H3,(H,21,24,30)/b15-9+. The van der Waals surface area contributed by atoms with Crippen LogP contribution < -0.4 is 14.8 Å². The van der Waals surface area contributed by atoms with E-state index < -0.39 is 16.7 Å². The number of ether oxygens (including phenoxy) is 2. The Balaban J connectivity index is 1.78. The third-order valence-corrected chi connectivity index (χ3v) is 4.72. The number of methoxy groups -OCH3 is 1. The van der Waals surface area contributed by atoms with Gasteiger partial charge in [0.25, 0.3) is 17.5 Å². The summed E-state index contributed by atoms with van der Waals surface area (Å²) >= 11 is 4.92. The Bertz CT molecular complexity index is 1060. The highest BCUT2D eigenvalue weighted by atomic mass is 32.1. The summed E-state index contributed by atoms with van der Waals surface area (Å²) < 4.78 is 11.1. The molecule has 3 rings (SSSR count). The molecule has 0 aliphatic carbocycles. The van der Waals surface area contributed by atoms with E-state index in [1.54, 1.807) is 30.3 Å². The molecule has 2 aromatic rings. The number of benzene rings is 2. The van der Waals surface area contributed by atoms with Crippen molar-refractivity contribution in [3.8, 4) is 11.5 Å². The Kier molecular flexibility index (Phi) is 6.07. The molecule has 1 N–H and O–H groups in total. The number of nitro groups is 1. The molecule has 0 unspecified atom stereocenters. The summed E-state index contributed by atoms with van der Waals surface area (Å²) in [7, 11) is 2.95. The number of carbonyl (C=O) groups is 2. The quantitative estimate of drug-likeness (QED) is 0.248. The van der Waals surface area contributed by atoms with Gasteiger partial charge in [-0.1, -0.05) is 6.07 Å². The first-order chi connectivity index (χ1) is 14.3. The lowest BCUT2D eigenvalue weighted by atomic mass is 10.1. The number of carbonyl (C=O) groups excluding carboxylic acids is 2. The molecule has 1 saturated heterocycles. The second-order valence-corrected chi connectivity index (χ2v) is 6.69. The minimum absolute atomic E-state index is 0.00132. The van der Waals surface area contributed by atoms with Gasteiger partial charge in [-0.05, 0) is 53.7 Å². The molecular formula is C20H17N3O6S. The molecule has 0 radical (unpaired) electrons. The first kappa shape index (κ1) is 20.9. The van der Waals surface area contributed by atoms with E-state index in [2.05, 4.69) is 5.32 Å². The van der Waals surface area contributed by atoms with Crippen LogP contribution in [0.25, 0.3) is 6.08 Å². The molecule has 0 atom stereocenters. The first-order valence-corrected chi connectivity index (χ1v) is 9.10. The van der Waals surface area contributed by atoms with Crippen LogP contribution in [0.3, 0.4) is 0 Å². The topological polar surface area (TPSA) is 111 Å². The zero-order chi connectivity index (χ0) is 21.8. The molecule has 9 nitrogen and oxygen atoms in total.